The number of carbonyl (C=O) groups is 1. The number of hydrogen-bond acceptors (Lipinski definition) is 3. The number of benzene rings is 3. The van der Waals surface area contributed by atoms with Crippen LogP contribution in [0.3, 0.4) is 0 Å². The number of nitrogens with zero attached hydrogens (tertiary/aromatic N) is 2. The summed E-state index contributed by atoms with van der Waals surface area (Å²) in [5.74, 6) is 0.528. The Hall–Kier alpha value is -3.59. The first-order valence-electron chi connectivity index (χ1n) is 11.1. The Morgan fingerprint density at radius 3 is 1.94 bits per heavy atom. The summed E-state index contributed by atoms with van der Waals surface area (Å²) in [6.07, 6.45) is 7.54. The number of allylic oxidation sites excluding steroid dienone is 4. The van der Waals surface area contributed by atoms with Gasteiger partial charge in [0.25, 0.3) is 0 Å². The molecule has 3 heteroatoms. The molecule has 32 heavy (non-hydrogen) atoms. The molecule has 0 amide bonds. The van der Waals surface area contributed by atoms with Crippen LogP contribution in [-0.2, 0) is 0 Å². The van der Waals surface area contributed by atoms with Gasteiger partial charge in [-0.15, -0.1) is 0 Å². The zero-order chi connectivity index (χ0) is 22.7. The summed E-state index contributed by atoms with van der Waals surface area (Å²) in [7, 11) is 4.13. The molecule has 0 radical (unpaired) electrons. The van der Waals surface area contributed by atoms with Crippen molar-refractivity contribution in [3.8, 4) is 0 Å². The highest BCUT2D eigenvalue weighted by Crippen LogP contribution is 2.29. The first-order chi connectivity index (χ1) is 15.5. The van der Waals surface area contributed by atoms with Crippen molar-refractivity contribution in [3.63, 3.8) is 0 Å². The standard InChI is InChI=1S/C29H30N2O/c1-21-9-5-7-11-27(21)30(3)25-17-13-23(14-18-25)29(32)24-15-19-26(20-16-24)31(4)28-12-8-6-10-22(28)2/h5-9,11-20,22H,10H2,1-4H3. The van der Waals surface area contributed by atoms with Gasteiger partial charge in [0.05, 0.1) is 0 Å². The average Bonchev–Trinajstić information content (AvgIpc) is 2.83. The summed E-state index contributed by atoms with van der Waals surface area (Å²) in [6.45, 7) is 4.34. The summed E-state index contributed by atoms with van der Waals surface area (Å²) in [6, 6.07) is 24.0. The lowest BCUT2D eigenvalue weighted by Gasteiger charge is -2.28. The second-order valence-corrected chi connectivity index (χ2v) is 8.48. The van der Waals surface area contributed by atoms with Crippen LogP contribution >= 0.6 is 0 Å². The van der Waals surface area contributed by atoms with Gasteiger partial charge in [0, 0.05) is 48.0 Å². The van der Waals surface area contributed by atoms with Crippen LogP contribution < -0.4 is 9.80 Å². The van der Waals surface area contributed by atoms with E-state index in [1.165, 1.54) is 11.3 Å². The van der Waals surface area contributed by atoms with Crippen LogP contribution in [0.5, 0.6) is 0 Å². The molecule has 1 unspecified atom stereocenters. The third-order valence-electron chi connectivity index (χ3n) is 6.30. The molecule has 0 spiro atoms. The highest BCUT2D eigenvalue weighted by Gasteiger charge is 2.16. The smallest absolute Gasteiger partial charge is 0.193 e. The lowest BCUT2D eigenvalue weighted by molar-refractivity contribution is 0.103. The molecule has 3 nitrogen and oxygen atoms in total. The third kappa shape index (κ3) is 4.38. The van der Waals surface area contributed by atoms with E-state index in [4.69, 9.17) is 0 Å². The Morgan fingerprint density at radius 1 is 0.812 bits per heavy atom. The quantitative estimate of drug-likeness (QED) is 0.403. The molecule has 0 saturated heterocycles. The number of aryl methyl sites for hydroxylation is 1. The molecule has 3 aromatic carbocycles. The number of rotatable bonds is 6. The Bertz CT molecular complexity index is 1160. The molecule has 4 rings (SSSR count). The van der Waals surface area contributed by atoms with E-state index in [2.05, 4.69) is 61.1 Å². The van der Waals surface area contributed by atoms with E-state index in [-0.39, 0.29) is 5.78 Å². The zero-order valence-electron chi connectivity index (χ0n) is 19.2. The van der Waals surface area contributed by atoms with Gasteiger partial charge < -0.3 is 9.80 Å². The lowest BCUT2D eigenvalue weighted by atomic mass is 9.97. The van der Waals surface area contributed by atoms with Gasteiger partial charge in [0.1, 0.15) is 0 Å². The molecular weight excluding hydrogens is 392 g/mol. The van der Waals surface area contributed by atoms with Gasteiger partial charge >= 0.3 is 0 Å². The molecule has 3 aromatic rings. The van der Waals surface area contributed by atoms with Crippen molar-refractivity contribution in [2.75, 3.05) is 23.9 Å². The number of ketones is 1. The van der Waals surface area contributed by atoms with E-state index in [9.17, 15) is 4.79 Å². The molecule has 0 N–H and O–H groups in total. The first kappa shape index (κ1) is 21.6. The van der Waals surface area contributed by atoms with E-state index < -0.39 is 0 Å². The summed E-state index contributed by atoms with van der Waals surface area (Å²) in [5, 5.41) is 0. The first-order valence-corrected chi connectivity index (χ1v) is 11.1. The Labute approximate surface area is 191 Å². The van der Waals surface area contributed by atoms with Gasteiger partial charge in [0.2, 0.25) is 0 Å². The van der Waals surface area contributed by atoms with Gasteiger partial charge in [-0.1, -0.05) is 37.3 Å². The molecule has 1 atom stereocenters. The minimum Gasteiger partial charge on any atom is -0.348 e. The van der Waals surface area contributed by atoms with E-state index in [1.54, 1.807) is 0 Å². The SMILES string of the molecule is Cc1ccccc1N(C)c1ccc(C(=O)c2ccc(N(C)C3=CC=CCC3C)cc2)cc1. The fourth-order valence-corrected chi connectivity index (χ4v) is 4.24. The Morgan fingerprint density at radius 2 is 1.38 bits per heavy atom. The van der Waals surface area contributed by atoms with Crippen LogP contribution in [0.15, 0.2) is 96.7 Å². The van der Waals surface area contributed by atoms with E-state index in [0.717, 1.165) is 23.5 Å². The van der Waals surface area contributed by atoms with Gasteiger partial charge in [-0.3, -0.25) is 4.79 Å². The largest absolute Gasteiger partial charge is 0.348 e. The summed E-state index contributed by atoms with van der Waals surface area (Å²) in [4.78, 5) is 17.4. The third-order valence-corrected chi connectivity index (χ3v) is 6.30. The van der Waals surface area contributed by atoms with E-state index >= 15 is 0 Å². The van der Waals surface area contributed by atoms with Crippen molar-refractivity contribution < 1.29 is 4.79 Å². The molecule has 162 valence electrons. The van der Waals surface area contributed by atoms with Crippen LogP contribution in [-0.4, -0.2) is 19.9 Å². The maximum absolute atomic E-state index is 13.0. The van der Waals surface area contributed by atoms with Crippen molar-refractivity contribution in [1.82, 2.24) is 0 Å². The van der Waals surface area contributed by atoms with E-state index in [1.807, 2.05) is 67.7 Å². The number of hydrogen-bond donors (Lipinski definition) is 0. The molecule has 0 aliphatic heterocycles. The topological polar surface area (TPSA) is 23.6 Å². The summed E-state index contributed by atoms with van der Waals surface area (Å²) in [5.41, 5.74) is 7.20. The molecular formula is C29H30N2O. The normalized spacial score (nSPS) is 15.2. The second-order valence-electron chi connectivity index (χ2n) is 8.48. The molecule has 0 heterocycles. The van der Waals surface area contributed by atoms with Crippen molar-refractivity contribution in [3.05, 3.63) is 113 Å². The molecule has 0 saturated carbocycles. The Kier molecular flexibility index (Phi) is 6.27. The highest BCUT2D eigenvalue weighted by molar-refractivity contribution is 6.09. The predicted octanol–water partition coefficient (Wildman–Crippen LogP) is 6.91. The number of para-hydroxylation sites is 1. The summed E-state index contributed by atoms with van der Waals surface area (Å²) < 4.78 is 0. The van der Waals surface area contributed by atoms with Gasteiger partial charge in [-0.2, -0.15) is 0 Å². The fraction of sp³-hybridized carbons (Fsp3) is 0.207. The number of anilines is 3. The van der Waals surface area contributed by atoms with Crippen molar-refractivity contribution >= 4 is 22.8 Å². The number of carbonyl (C=O) groups excluding carboxylic acids is 1. The van der Waals surface area contributed by atoms with Gasteiger partial charge in [0.15, 0.2) is 5.78 Å². The van der Waals surface area contributed by atoms with Crippen LogP contribution in [0.2, 0.25) is 0 Å². The highest BCUT2D eigenvalue weighted by atomic mass is 16.1. The molecule has 1 aliphatic rings. The van der Waals surface area contributed by atoms with Crippen molar-refractivity contribution in [2.24, 2.45) is 5.92 Å². The molecule has 1 aliphatic carbocycles. The minimum atomic E-state index is 0.0393. The monoisotopic (exact) mass is 422 g/mol. The van der Waals surface area contributed by atoms with Gasteiger partial charge in [-0.25, -0.2) is 0 Å². The lowest BCUT2D eigenvalue weighted by Crippen LogP contribution is -2.22. The van der Waals surface area contributed by atoms with Crippen molar-refractivity contribution in [1.29, 1.82) is 0 Å². The molecule has 0 bridgehead atoms. The second kappa shape index (κ2) is 9.27. The molecule has 0 fully saturated rings. The van der Waals surface area contributed by atoms with Gasteiger partial charge in [-0.05, 0) is 85.5 Å². The maximum atomic E-state index is 13.0. The van der Waals surface area contributed by atoms with E-state index in [0.29, 0.717) is 17.0 Å². The molecule has 0 aromatic heterocycles. The van der Waals surface area contributed by atoms with Crippen LogP contribution in [0.25, 0.3) is 0 Å². The predicted molar refractivity (Wildman–Crippen MR) is 135 cm³/mol. The van der Waals surface area contributed by atoms with Crippen LogP contribution in [0, 0.1) is 12.8 Å². The fourth-order valence-electron chi connectivity index (χ4n) is 4.24. The minimum absolute atomic E-state index is 0.0393. The van der Waals surface area contributed by atoms with Crippen LogP contribution in [0.4, 0.5) is 17.1 Å². The van der Waals surface area contributed by atoms with Crippen LogP contribution in [0.1, 0.15) is 34.8 Å². The maximum Gasteiger partial charge on any atom is 0.193 e. The van der Waals surface area contributed by atoms with Crippen molar-refractivity contribution in [2.45, 2.75) is 20.3 Å². The average molecular weight is 423 g/mol. The zero-order valence-corrected chi connectivity index (χ0v) is 19.2. The Balaban J connectivity index is 1.49. The summed E-state index contributed by atoms with van der Waals surface area (Å²) >= 11 is 0.